The fourth-order valence-electron chi connectivity index (χ4n) is 4.64. The van der Waals surface area contributed by atoms with E-state index in [1.165, 1.54) is 22.0 Å². The van der Waals surface area contributed by atoms with Gasteiger partial charge in [-0.2, -0.15) is 0 Å². The monoisotopic (exact) mass is 589 g/mol. The maximum absolute atomic E-state index is 13.8. The standard InChI is InChI=1S/C30H27N3O6S2/c1-16(2)38-29(35)26-18(4)31-30-32(27(26)19-8-11-22(40-5)12-9-19)28(34)25(41-30)15-21-10-13-24(39-21)20-7-6-17(3)23(14-20)33(36)37/h6-16,27H,1-5H3/b25-15-/t27-/m1/s1. The molecular weight excluding hydrogens is 562 g/mol. The molecule has 0 unspecified atom stereocenters. The number of aryl methyl sites for hydroxylation is 1. The Balaban J connectivity index is 1.61. The zero-order chi connectivity index (χ0) is 29.4. The molecule has 3 heterocycles. The van der Waals surface area contributed by atoms with Crippen LogP contribution in [0.3, 0.4) is 0 Å². The van der Waals surface area contributed by atoms with Gasteiger partial charge in [0, 0.05) is 28.2 Å². The molecule has 0 bridgehead atoms. The highest BCUT2D eigenvalue weighted by Crippen LogP contribution is 2.32. The number of carbonyl (C=O) groups is 1. The molecule has 1 aliphatic heterocycles. The van der Waals surface area contributed by atoms with Crippen molar-refractivity contribution in [3.05, 3.63) is 113 Å². The minimum Gasteiger partial charge on any atom is -0.459 e. The largest absolute Gasteiger partial charge is 0.459 e. The topological polar surface area (TPSA) is 117 Å². The van der Waals surface area contributed by atoms with Crippen LogP contribution in [0.2, 0.25) is 0 Å². The third-order valence-corrected chi connectivity index (χ3v) is 8.33. The lowest BCUT2D eigenvalue weighted by Gasteiger charge is -2.25. The average molecular weight is 590 g/mol. The summed E-state index contributed by atoms with van der Waals surface area (Å²) in [4.78, 5) is 44.2. The van der Waals surface area contributed by atoms with Crippen LogP contribution in [0.15, 0.2) is 85.0 Å². The van der Waals surface area contributed by atoms with Crippen molar-refractivity contribution in [2.45, 2.75) is 44.7 Å². The van der Waals surface area contributed by atoms with Crippen molar-refractivity contribution < 1.29 is 18.9 Å². The van der Waals surface area contributed by atoms with E-state index >= 15 is 0 Å². The maximum Gasteiger partial charge on any atom is 0.338 e. The first-order chi connectivity index (χ1) is 19.6. The Labute approximate surface area is 243 Å². The van der Waals surface area contributed by atoms with E-state index in [9.17, 15) is 19.7 Å². The van der Waals surface area contributed by atoms with Crippen molar-refractivity contribution in [3.8, 4) is 11.3 Å². The summed E-state index contributed by atoms with van der Waals surface area (Å²) in [7, 11) is 0. The van der Waals surface area contributed by atoms with E-state index in [1.807, 2.05) is 30.5 Å². The van der Waals surface area contributed by atoms with Gasteiger partial charge in [0.2, 0.25) is 0 Å². The number of carbonyl (C=O) groups excluding carboxylic acids is 1. The summed E-state index contributed by atoms with van der Waals surface area (Å²) >= 11 is 2.80. The number of aromatic nitrogens is 1. The highest BCUT2D eigenvalue weighted by molar-refractivity contribution is 7.98. The van der Waals surface area contributed by atoms with Crippen LogP contribution in [-0.4, -0.2) is 27.8 Å². The van der Waals surface area contributed by atoms with Crippen LogP contribution in [0.25, 0.3) is 17.4 Å². The summed E-state index contributed by atoms with van der Waals surface area (Å²) in [6.45, 7) is 6.97. The number of nitrogens with zero attached hydrogens (tertiary/aromatic N) is 3. The van der Waals surface area contributed by atoms with Crippen molar-refractivity contribution >= 4 is 40.8 Å². The summed E-state index contributed by atoms with van der Waals surface area (Å²) in [5.41, 5.74) is 2.36. The summed E-state index contributed by atoms with van der Waals surface area (Å²) in [6.07, 6.45) is 3.26. The second-order valence-corrected chi connectivity index (χ2v) is 11.7. The molecule has 1 aliphatic rings. The Bertz CT molecular complexity index is 1880. The molecule has 9 nitrogen and oxygen atoms in total. The lowest BCUT2D eigenvalue weighted by molar-refractivity contribution is -0.385. The quantitative estimate of drug-likeness (QED) is 0.123. The van der Waals surface area contributed by atoms with Crippen LogP contribution < -0.4 is 14.9 Å². The molecule has 1 atom stereocenters. The fraction of sp³-hybridized carbons (Fsp3) is 0.233. The Hall–Kier alpha value is -4.22. The van der Waals surface area contributed by atoms with E-state index in [-0.39, 0.29) is 17.4 Å². The van der Waals surface area contributed by atoms with Gasteiger partial charge >= 0.3 is 5.97 Å². The minimum atomic E-state index is -0.712. The van der Waals surface area contributed by atoms with E-state index in [2.05, 4.69) is 4.99 Å². The molecule has 0 fully saturated rings. The number of thioether (sulfide) groups is 1. The molecule has 0 amide bonds. The highest BCUT2D eigenvalue weighted by Gasteiger charge is 2.33. The molecule has 0 N–H and O–H groups in total. The molecule has 0 spiro atoms. The predicted molar refractivity (Wildman–Crippen MR) is 159 cm³/mol. The fourth-order valence-corrected chi connectivity index (χ4v) is 6.07. The van der Waals surface area contributed by atoms with E-state index in [0.29, 0.717) is 43.3 Å². The third kappa shape index (κ3) is 5.55. The molecule has 11 heteroatoms. The Morgan fingerprint density at radius 2 is 1.90 bits per heavy atom. The number of rotatable bonds is 7. The second kappa shape index (κ2) is 11.3. The zero-order valence-electron chi connectivity index (χ0n) is 23.0. The van der Waals surface area contributed by atoms with E-state index in [0.717, 1.165) is 10.5 Å². The van der Waals surface area contributed by atoms with Crippen LogP contribution in [0.1, 0.15) is 43.7 Å². The molecule has 2 aromatic heterocycles. The Kier molecular flexibility index (Phi) is 7.83. The van der Waals surface area contributed by atoms with Gasteiger partial charge in [-0.25, -0.2) is 9.79 Å². The van der Waals surface area contributed by atoms with Crippen LogP contribution in [0.5, 0.6) is 0 Å². The first kappa shape index (κ1) is 28.3. The number of thiazole rings is 1. The van der Waals surface area contributed by atoms with E-state index in [4.69, 9.17) is 9.15 Å². The van der Waals surface area contributed by atoms with Crippen molar-refractivity contribution in [3.63, 3.8) is 0 Å². The summed E-state index contributed by atoms with van der Waals surface area (Å²) < 4.78 is 13.4. The lowest BCUT2D eigenvalue weighted by Crippen LogP contribution is -2.40. The number of ether oxygens (including phenoxy) is 1. The SMILES string of the molecule is CSc1ccc([C@@H]2C(C(=O)OC(C)C)=C(C)N=c3s/c(=C\c4ccc(-c5ccc(C)c([N+](=O)[O-])c5)o4)c(=O)n32)cc1. The van der Waals surface area contributed by atoms with Gasteiger partial charge in [-0.3, -0.25) is 19.5 Å². The Morgan fingerprint density at radius 3 is 2.56 bits per heavy atom. The smallest absolute Gasteiger partial charge is 0.338 e. The molecule has 0 aliphatic carbocycles. The first-order valence-electron chi connectivity index (χ1n) is 12.8. The Morgan fingerprint density at radius 1 is 1.17 bits per heavy atom. The van der Waals surface area contributed by atoms with Crippen LogP contribution in [-0.2, 0) is 9.53 Å². The number of furan rings is 1. The molecule has 0 saturated carbocycles. The number of hydrogen-bond acceptors (Lipinski definition) is 9. The molecule has 0 radical (unpaired) electrons. The normalized spacial score (nSPS) is 15.2. The minimum absolute atomic E-state index is 0.00138. The number of benzene rings is 2. The van der Waals surface area contributed by atoms with Crippen molar-refractivity contribution in [2.24, 2.45) is 4.99 Å². The van der Waals surface area contributed by atoms with Crippen LogP contribution in [0.4, 0.5) is 5.69 Å². The number of fused-ring (bicyclic) bond motifs is 1. The zero-order valence-corrected chi connectivity index (χ0v) is 24.7. The number of esters is 1. The molecule has 5 rings (SSSR count). The number of allylic oxidation sites excluding steroid dienone is 1. The van der Waals surface area contributed by atoms with Gasteiger partial charge in [0.25, 0.3) is 11.2 Å². The summed E-state index contributed by atoms with van der Waals surface area (Å²) in [6, 6.07) is 15.3. The van der Waals surface area contributed by atoms with Gasteiger partial charge in [0.05, 0.1) is 32.9 Å². The average Bonchev–Trinajstić information content (AvgIpc) is 3.52. The molecule has 0 saturated heterocycles. The van der Waals surface area contributed by atoms with Gasteiger partial charge in [0.1, 0.15) is 11.5 Å². The highest BCUT2D eigenvalue weighted by atomic mass is 32.2. The summed E-state index contributed by atoms with van der Waals surface area (Å²) in [5.74, 6) is 0.329. The number of nitro groups is 1. The molecule has 210 valence electrons. The summed E-state index contributed by atoms with van der Waals surface area (Å²) in [5, 5.41) is 11.4. The molecular formula is C30H27N3O6S2. The predicted octanol–water partition coefficient (Wildman–Crippen LogP) is 5.39. The van der Waals surface area contributed by atoms with Crippen LogP contribution >= 0.6 is 23.1 Å². The van der Waals surface area contributed by atoms with Gasteiger partial charge < -0.3 is 9.15 Å². The van der Waals surface area contributed by atoms with Gasteiger partial charge in [-0.15, -0.1) is 11.8 Å². The molecule has 4 aromatic rings. The van der Waals surface area contributed by atoms with Gasteiger partial charge in [-0.1, -0.05) is 35.6 Å². The second-order valence-electron chi connectivity index (χ2n) is 9.77. The van der Waals surface area contributed by atoms with Gasteiger partial charge in [-0.05, 0) is 63.8 Å². The molecule has 2 aromatic carbocycles. The van der Waals surface area contributed by atoms with Crippen molar-refractivity contribution in [2.75, 3.05) is 6.26 Å². The van der Waals surface area contributed by atoms with Crippen molar-refractivity contribution in [1.29, 1.82) is 0 Å². The number of nitro benzene ring substituents is 1. The van der Waals surface area contributed by atoms with E-state index < -0.39 is 16.9 Å². The molecule has 41 heavy (non-hydrogen) atoms. The van der Waals surface area contributed by atoms with Crippen molar-refractivity contribution in [1.82, 2.24) is 4.57 Å². The lowest BCUT2D eigenvalue weighted by atomic mass is 9.96. The van der Waals surface area contributed by atoms with Gasteiger partial charge in [0.15, 0.2) is 4.80 Å². The first-order valence-corrected chi connectivity index (χ1v) is 14.8. The third-order valence-electron chi connectivity index (χ3n) is 6.61. The number of hydrogen-bond donors (Lipinski definition) is 0. The van der Waals surface area contributed by atoms with E-state index in [1.54, 1.807) is 69.8 Å². The van der Waals surface area contributed by atoms with Crippen LogP contribution in [0, 0.1) is 17.0 Å². The maximum atomic E-state index is 13.8.